The highest BCUT2D eigenvalue weighted by Crippen LogP contribution is 2.21. The maximum Gasteiger partial charge on any atom is 0.287 e. The predicted octanol–water partition coefficient (Wildman–Crippen LogP) is 5.68. The molecule has 1 aromatic heterocycles. The predicted molar refractivity (Wildman–Crippen MR) is 166 cm³/mol. The number of nitrogens with zero attached hydrogens (tertiary/aromatic N) is 3. The van der Waals surface area contributed by atoms with E-state index >= 15 is 0 Å². The first-order chi connectivity index (χ1) is 20.0. The maximum absolute atomic E-state index is 13.3. The Morgan fingerprint density at radius 3 is 2.20 bits per heavy atom. The molecule has 1 heterocycles. The average molecular weight is 542 g/mol. The summed E-state index contributed by atoms with van der Waals surface area (Å²) in [6.07, 6.45) is 5.29. The molecule has 7 nitrogen and oxygen atoms in total. The topological polar surface area (TPSA) is 78.7 Å². The van der Waals surface area contributed by atoms with Crippen LogP contribution in [0.2, 0.25) is 0 Å². The van der Waals surface area contributed by atoms with Gasteiger partial charge in [0.15, 0.2) is 0 Å². The van der Waals surface area contributed by atoms with Gasteiger partial charge >= 0.3 is 0 Å². The highest BCUT2D eigenvalue weighted by molar-refractivity contribution is 6.06. The number of rotatable bonds is 9. The van der Waals surface area contributed by atoms with Crippen molar-refractivity contribution in [2.24, 2.45) is 5.10 Å². The Labute approximate surface area is 239 Å². The average Bonchev–Trinajstić information content (AvgIpc) is 3.35. The Hall–Kier alpha value is -5.43. The fourth-order valence-corrected chi connectivity index (χ4v) is 4.49. The van der Waals surface area contributed by atoms with E-state index in [9.17, 15) is 9.59 Å². The second kappa shape index (κ2) is 12.6. The smallest absolute Gasteiger partial charge is 0.287 e. The van der Waals surface area contributed by atoms with Crippen LogP contribution >= 0.6 is 0 Å². The van der Waals surface area contributed by atoms with Crippen molar-refractivity contribution >= 4 is 40.7 Å². The first-order valence-corrected chi connectivity index (χ1v) is 13.3. The van der Waals surface area contributed by atoms with Crippen LogP contribution in [-0.2, 0) is 11.3 Å². The van der Waals surface area contributed by atoms with Gasteiger partial charge in [0.05, 0.1) is 6.21 Å². The second-order valence-electron chi connectivity index (χ2n) is 9.78. The molecular weight excluding hydrogens is 510 g/mol. The summed E-state index contributed by atoms with van der Waals surface area (Å²) in [5.74, 6) is -0.917. The molecule has 5 aromatic rings. The molecule has 2 amide bonds. The van der Waals surface area contributed by atoms with Crippen molar-refractivity contribution in [1.29, 1.82) is 0 Å². The van der Waals surface area contributed by atoms with Gasteiger partial charge in [0, 0.05) is 54.6 Å². The van der Waals surface area contributed by atoms with Crippen LogP contribution in [0.1, 0.15) is 27.0 Å². The summed E-state index contributed by atoms with van der Waals surface area (Å²) < 4.78 is 2.16. The van der Waals surface area contributed by atoms with E-state index in [0.717, 1.165) is 27.7 Å². The van der Waals surface area contributed by atoms with Crippen LogP contribution in [0.5, 0.6) is 0 Å². The van der Waals surface area contributed by atoms with E-state index in [1.165, 1.54) is 5.56 Å². The highest BCUT2D eigenvalue weighted by Gasteiger charge is 2.15. The molecular formula is C34H31N5O2. The molecule has 0 aliphatic rings. The SMILES string of the molecule is CN(C)c1ccc(/C=C(\NC(=O)c2ccccc2)C(=O)N/N=C\c2cn(Cc3ccccc3)c3ccccc23)cc1. The fourth-order valence-electron chi connectivity index (χ4n) is 4.49. The van der Waals surface area contributed by atoms with Crippen LogP contribution in [0, 0.1) is 0 Å². The van der Waals surface area contributed by atoms with Gasteiger partial charge in [0.2, 0.25) is 0 Å². The van der Waals surface area contributed by atoms with Crippen molar-refractivity contribution < 1.29 is 9.59 Å². The lowest BCUT2D eigenvalue weighted by Gasteiger charge is -2.12. The molecule has 41 heavy (non-hydrogen) atoms. The minimum Gasteiger partial charge on any atom is -0.378 e. The minimum absolute atomic E-state index is 0.0834. The zero-order chi connectivity index (χ0) is 28.6. The van der Waals surface area contributed by atoms with Crippen molar-refractivity contribution in [3.63, 3.8) is 0 Å². The molecule has 0 atom stereocenters. The van der Waals surface area contributed by atoms with E-state index in [2.05, 4.69) is 38.6 Å². The highest BCUT2D eigenvalue weighted by atomic mass is 16.2. The number of anilines is 1. The lowest BCUT2D eigenvalue weighted by molar-refractivity contribution is -0.117. The molecule has 0 spiro atoms. The van der Waals surface area contributed by atoms with Crippen LogP contribution in [0.4, 0.5) is 5.69 Å². The Morgan fingerprint density at radius 2 is 1.49 bits per heavy atom. The van der Waals surface area contributed by atoms with Gasteiger partial charge in [-0.1, -0.05) is 78.9 Å². The molecule has 2 N–H and O–H groups in total. The normalized spacial score (nSPS) is 11.5. The van der Waals surface area contributed by atoms with Gasteiger partial charge in [-0.2, -0.15) is 5.10 Å². The number of carbonyl (C=O) groups excluding carboxylic acids is 2. The zero-order valence-corrected chi connectivity index (χ0v) is 23.0. The first kappa shape index (κ1) is 27.1. The summed E-state index contributed by atoms with van der Waals surface area (Å²) in [4.78, 5) is 28.2. The molecule has 0 saturated carbocycles. The van der Waals surface area contributed by atoms with Gasteiger partial charge in [-0.3, -0.25) is 9.59 Å². The number of hydrogen-bond acceptors (Lipinski definition) is 4. The number of para-hydroxylation sites is 1. The monoisotopic (exact) mass is 541 g/mol. The molecule has 0 unspecified atom stereocenters. The summed E-state index contributed by atoms with van der Waals surface area (Å²) in [5.41, 5.74) is 8.04. The van der Waals surface area contributed by atoms with Crippen molar-refractivity contribution in [1.82, 2.24) is 15.3 Å². The van der Waals surface area contributed by atoms with E-state index in [1.807, 2.05) is 91.9 Å². The van der Waals surface area contributed by atoms with Gasteiger partial charge in [-0.15, -0.1) is 0 Å². The van der Waals surface area contributed by atoms with Crippen molar-refractivity contribution in [3.05, 3.63) is 143 Å². The maximum atomic E-state index is 13.3. The first-order valence-electron chi connectivity index (χ1n) is 13.3. The van der Waals surface area contributed by atoms with Crippen LogP contribution in [0.15, 0.2) is 126 Å². The lowest BCUT2D eigenvalue weighted by Crippen LogP contribution is -2.32. The second-order valence-corrected chi connectivity index (χ2v) is 9.78. The zero-order valence-electron chi connectivity index (χ0n) is 23.0. The Balaban J connectivity index is 1.38. The number of hydrazone groups is 1. The molecule has 5 rings (SSSR count). The van der Waals surface area contributed by atoms with E-state index in [-0.39, 0.29) is 11.6 Å². The van der Waals surface area contributed by atoms with Crippen LogP contribution in [0.3, 0.4) is 0 Å². The van der Waals surface area contributed by atoms with E-state index in [4.69, 9.17) is 0 Å². The molecule has 0 fully saturated rings. The van der Waals surface area contributed by atoms with E-state index in [0.29, 0.717) is 12.1 Å². The Kier molecular flexibility index (Phi) is 8.35. The summed E-state index contributed by atoms with van der Waals surface area (Å²) >= 11 is 0. The standard InChI is InChI=1S/C34H31N5O2/c1-38(2)29-19-17-25(18-20-29)21-31(36-33(40)27-13-7-4-8-14-27)34(41)37-35-22-28-24-39(23-26-11-5-3-6-12-26)32-16-10-9-15-30(28)32/h3-22,24H,23H2,1-2H3,(H,36,40)(H,37,41)/b31-21-,35-22-. The van der Waals surface area contributed by atoms with Crippen LogP contribution in [-0.4, -0.2) is 36.7 Å². The fraction of sp³-hybridized carbons (Fsp3) is 0.0882. The molecule has 7 heteroatoms. The number of benzene rings is 4. The molecule has 0 aliphatic heterocycles. The summed E-state index contributed by atoms with van der Waals surface area (Å²) in [6, 6.07) is 34.8. The molecule has 0 saturated heterocycles. The third-order valence-corrected chi connectivity index (χ3v) is 6.63. The van der Waals surface area contributed by atoms with E-state index < -0.39 is 5.91 Å². The number of hydrogen-bond donors (Lipinski definition) is 2. The molecule has 0 aliphatic carbocycles. The van der Waals surface area contributed by atoms with Crippen LogP contribution in [0.25, 0.3) is 17.0 Å². The van der Waals surface area contributed by atoms with Crippen molar-refractivity contribution in [2.45, 2.75) is 6.54 Å². The summed E-state index contributed by atoms with van der Waals surface area (Å²) in [6.45, 7) is 0.715. The molecule has 0 radical (unpaired) electrons. The van der Waals surface area contributed by atoms with Gasteiger partial charge in [-0.05, 0) is 47.5 Å². The van der Waals surface area contributed by atoms with Crippen LogP contribution < -0.4 is 15.6 Å². The summed E-state index contributed by atoms with van der Waals surface area (Å²) in [5, 5.41) is 8.03. The number of fused-ring (bicyclic) bond motifs is 1. The van der Waals surface area contributed by atoms with Gasteiger partial charge in [0.1, 0.15) is 5.70 Å². The van der Waals surface area contributed by atoms with Crippen molar-refractivity contribution in [2.75, 3.05) is 19.0 Å². The number of carbonyl (C=O) groups is 2. The third kappa shape index (κ3) is 6.78. The largest absolute Gasteiger partial charge is 0.378 e. The molecule has 4 aromatic carbocycles. The third-order valence-electron chi connectivity index (χ3n) is 6.63. The Bertz CT molecular complexity index is 1700. The van der Waals surface area contributed by atoms with Gasteiger partial charge < -0.3 is 14.8 Å². The number of amides is 2. The quantitative estimate of drug-likeness (QED) is 0.143. The minimum atomic E-state index is -0.532. The van der Waals surface area contributed by atoms with Gasteiger partial charge in [0.25, 0.3) is 11.8 Å². The lowest BCUT2D eigenvalue weighted by atomic mass is 10.1. The van der Waals surface area contributed by atoms with Crippen molar-refractivity contribution in [3.8, 4) is 0 Å². The van der Waals surface area contributed by atoms with E-state index in [1.54, 1.807) is 36.6 Å². The van der Waals surface area contributed by atoms with Gasteiger partial charge in [-0.25, -0.2) is 5.43 Å². The Morgan fingerprint density at radius 1 is 0.829 bits per heavy atom. The molecule has 204 valence electrons. The summed E-state index contributed by atoms with van der Waals surface area (Å²) in [7, 11) is 3.92. The molecule has 0 bridgehead atoms. The number of nitrogens with one attached hydrogen (secondary N) is 2. The number of aromatic nitrogens is 1.